The first-order valence-electron chi connectivity index (χ1n) is 8.34. The molecule has 3 aromatic rings. The van der Waals surface area contributed by atoms with Gasteiger partial charge in [-0.15, -0.1) is 0 Å². The van der Waals surface area contributed by atoms with E-state index >= 15 is 0 Å². The fourth-order valence-corrected chi connectivity index (χ4v) is 3.63. The SMILES string of the molecule is CCC[C@H]1c2ccc3ccccc3c2Oc2nc(N)c(C#N)c(N)c21. The second-order valence-corrected chi connectivity index (χ2v) is 6.26. The Hall–Kier alpha value is -3.26. The molecule has 1 aromatic heterocycles. The van der Waals surface area contributed by atoms with Crippen molar-refractivity contribution in [2.24, 2.45) is 0 Å². The molecule has 0 spiro atoms. The molecule has 0 amide bonds. The Labute approximate surface area is 145 Å². The van der Waals surface area contributed by atoms with Crippen LogP contribution in [0.1, 0.15) is 42.4 Å². The Bertz CT molecular complexity index is 1040. The monoisotopic (exact) mass is 330 g/mol. The Morgan fingerprint density at radius 2 is 2.00 bits per heavy atom. The lowest BCUT2D eigenvalue weighted by atomic mass is 9.83. The predicted octanol–water partition coefficient (Wildman–Crippen LogP) is 4.31. The van der Waals surface area contributed by atoms with E-state index in [0.717, 1.165) is 40.5 Å². The van der Waals surface area contributed by atoms with Crippen molar-refractivity contribution in [1.29, 1.82) is 5.26 Å². The molecule has 4 rings (SSSR count). The number of nitriles is 1. The van der Waals surface area contributed by atoms with Gasteiger partial charge >= 0.3 is 0 Å². The molecular formula is C20H18N4O. The molecule has 2 aromatic carbocycles. The molecule has 0 radical (unpaired) electrons. The van der Waals surface area contributed by atoms with Crippen molar-refractivity contribution in [2.75, 3.05) is 11.5 Å². The largest absolute Gasteiger partial charge is 0.438 e. The van der Waals surface area contributed by atoms with E-state index in [1.54, 1.807) is 0 Å². The molecule has 4 N–H and O–H groups in total. The lowest BCUT2D eigenvalue weighted by Gasteiger charge is -2.30. The van der Waals surface area contributed by atoms with E-state index in [9.17, 15) is 5.26 Å². The number of nitrogen functional groups attached to an aromatic ring is 2. The van der Waals surface area contributed by atoms with E-state index in [4.69, 9.17) is 16.2 Å². The molecule has 5 nitrogen and oxygen atoms in total. The van der Waals surface area contributed by atoms with Crippen LogP contribution in [0.4, 0.5) is 11.5 Å². The summed E-state index contributed by atoms with van der Waals surface area (Å²) in [6.45, 7) is 2.13. The van der Waals surface area contributed by atoms with E-state index < -0.39 is 0 Å². The number of nitrogens with zero attached hydrogens (tertiary/aromatic N) is 2. The van der Waals surface area contributed by atoms with Crippen LogP contribution in [0, 0.1) is 11.3 Å². The molecule has 1 aliphatic heterocycles. The van der Waals surface area contributed by atoms with Crippen LogP contribution in [0.5, 0.6) is 11.6 Å². The Kier molecular flexibility index (Phi) is 3.47. The fourth-order valence-electron chi connectivity index (χ4n) is 3.63. The summed E-state index contributed by atoms with van der Waals surface area (Å²) in [4.78, 5) is 4.34. The molecule has 0 saturated carbocycles. The van der Waals surface area contributed by atoms with Crippen LogP contribution in [0.15, 0.2) is 36.4 Å². The normalized spacial score (nSPS) is 15.1. The Morgan fingerprint density at radius 1 is 1.20 bits per heavy atom. The number of pyridine rings is 1. The number of hydrogen-bond acceptors (Lipinski definition) is 5. The topological polar surface area (TPSA) is 98.0 Å². The number of rotatable bonds is 2. The van der Waals surface area contributed by atoms with Crippen molar-refractivity contribution in [1.82, 2.24) is 4.98 Å². The molecule has 0 aliphatic carbocycles. The molecular weight excluding hydrogens is 312 g/mol. The molecule has 0 fully saturated rings. The van der Waals surface area contributed by atoms with Gasteiger partial charge in [-0.1, -0.05) is 49.7 Å². The summed E-state index contributed by atoms with van der Waals surface area (Å²) >= 11 is 0. The number of fused-ring (bicyclic) bond motifs is 4. The van der Waals surface area contributed by atoms with Gasteiger partial charge in [0.25, 0.3) is 0 Å². The van der Waals surface area contributed by atoms with Crippen LogP contribution in [-0.2, 0) is 0 Å². The lowest BCUT2D eigenvalue weighted by Crippen LogP contribution is -2.16. The summed E-state index contributed by atoms with van der Waals surface area (Å²) in [5.74, 6) is 1.36. The van der Waals surface area contributed by atoms with Crippen LogP contribution in [0.2, 0.25) is 0 Å². The number of anilines is 2. The maximum Gasteiger partial charge on any atom is 0.227 e. The third kappa shape index (κ3) is 2.18. The maximum absolute atomic E-state index is 9.36. The second kappa shape index (κ2) is 5.67. The number of aromatic nitrogens is 1. The van der Waals surface area contributed by atoms with Crippen molar-refractivity contribution in [3.63, 3.8) is 0 Å². The van der Waals surface area contributed by atoms with E-state index in [-0.39, 0.29) is 17.3 Å². The smallest absolute Gasteiger partial charge is 0.227 e. The van der Waals surface area contributed by atoms with Gasteiger partial charge in [-0.05, 0) is 11.8 Å². The summed E-state index contributed by atoms with van der Waals surface area (Å²) < 4.78 is 6.15. The number of nitrogens with two attached hydrogens (primary N) is 2. The van der Waals surface area contributed by atoms with Crippen LogP contribution in [0.3, 0.4) is 0 Å². The Morgan fingerprint density at radius 3 is 2.76 bits per heavy atom. The molecule has 25 heavy (non-hydrogen) atoms. The molecule has 124 valence electrons. The molecule has 1 aliphatic rings. The molecule has 5 heteroatoms. The summed E-state index contributed by atoms with van der Waals surface area (Å²) in [5.41, 5.74) is 14.7. The highest BCUT2D eigenvalue weighted by atomic mass is 16.5. The van der Waals surface area contributed by atoms with Crippen LogP contribution >= 0.6 is 0 Å². The summed E-state index contributed by atoms with van der Waals surface area (Å²) in [5, 5.41) is 11.5. The second-order valence-electron chi connectivity index (χ2n) is 6.26. The Balaban J connectivity index is 2.03. The van der Waals surface area contributed by atoms with Gasteiger partial charge in [0.05, 0.1) is 5.69 Å². The van der Waals surface area contributed by atoms with Gasteiger partial charge in [0.15, 0.2) is 0 Å². The van der Waals surface area contributed by atoms with Crippen molar-refractivity contribution in [2.45, 2.75) is 25.7 Å². The standard InChI is InChI=1S/C20H18N4O/c1-2-5-13-14-9-8-11-6-3-4-7-12(11)18(14)25-20-16(13)17(22)15(10-21)19(23)24-20/h3-4,6-9,13H,2,5H2,1H3,(H4,22,23,24)/t13-/m0/s1. The van der Waals surface area contributed by atoms with Crippen LogP contribution in [-0.4, -0.2) is 4.98 Å². The number of benzene rings is 2. The lowest BCUT2D eigenvalue weighted by molar-refractivity contribution is 0.428. The predicted molar refractivity (Wildman–Crippen MR) is 98.5 cm³/mol. The quantitative estimate of drug-likeness (QED) is 0.729. The third-order valence-corrected chi connectivity index (χ3v) is 4.79. The first kappa shape index (κ1) is 15.3. The van der Waals surface area contributed by atoms with Crippen molar-refractivity contribution in [3.8, 4) is 17.7 Å². The van der Waals surface area contributed by atoms with Gasteiger partial charge in [-0.25, -0.2) is 0 Å². The van der Waals surface area contributed by atoms with E-state index in [1.165, 1.54) is 0 Å². The number of ether oxygens (including phenoxy) is 1. The summed E-state index contributed by atoms with van der Waals surface area (Å²) in [6.07, 6.45) is 1.87. The average Bonchev–Trinajstić information content (AvgIpc) is 2.61. The van der Waals surface area contributed by atoms with Gasteiger partial charge in [0.2, 0.25) is 5.88 Å². The van der Waals surface area contributed by atoms with Gasteiger partial charge in [0, 0.05) is 22.4 Å². The summed E-state index contributed by atoms with van der Waals surface area (Å²) in [7, 11) is 0. The fraction of sp³-hybridized carbons (Fsp3) is 0.200. The van der Waals surface area contributed by atoms with Crippen LogP contribution < -0.4 is 16.2 Å². The molecule has 1 atom stereocenters. The van der Waals surface area contributed by atoms with Gasteiger partial charge in [-0.2, -0.15) is 10.2 Å². The summed E-state index contributed by atoms with van der Waals surface area (Å²) in [6, 6.07) is 14.3. The van der Waals surface area contributed by atoms with Gasteiger partial charge in [0.1, 0.15) is 23.2 Å². The molecule has 0 unspecified atom stereocenters. The minimum Gasteiger partial charge on any atom is -0.438 e. The van der Waals surface area contributed by atoms with Gasteiger partial charge in [-0.3, -0.25) is 0 Å². The number of hydrogen-bond donors (Lipinski definition) is 2. The van der Waals surface area contributed by atoms with Crippen molar-refractivity contribution >= 4 is 22.3 Å². The maximum atomic E-state index is 9.36. The van der Waals surface area contributed by atoms with Crippen LogP contribution in [0.25, 0.3) is 10.8 Å². The minimum absolute atomic E-state index is 0.0357. The van der Waals surface area contributed by atoms with E-state index in [1.807, 2.05) is 18.2 Å². The highest BCUT2D eigenvalue weighted by Gasteiger charge is 2.33. The van der Waals surface area contributed by atoms with Crippen molar-refractivity contribution in [3.05, 3.63) is 53.1 Å². The van der Waals surface area contributed by atoms with E-state index in [2.05, 4.69) is 36.2 Å². The first-order valence-corrected chi connectivity index (χ1v) is 8.34. The zero-order valence-corrected chi connectivity index (χ0v) is 13.9. The van der Waals surface area contributed by atoms with Gasteiger partial charge < -0.3 is 16.2 Å². The molecule has 0 bridgehead atoms. The zero-order valence-electron chi connectivity index (χ0n) is 13.9. The third-order valence-electron chi connectivity index (χ3n) is 4.79. The van der Waals surface area contributed by atoms with E-state index in [0.29, 0.717) is 11.6 Å². The minimum atomic E-state index is 0.0357. The first-order chi connectivity index (χ1) is 12.2. The van der Waals surface area contributed by atoms with Crippen molar-refractivity contribution < 1.29 is 4.74 Å². The average molecular weight is 330 g/mol. The molecule has 2 heterocycles. The highest BCUT2D eigenvalue weighted by Crippen LogP contribution is 2.51. The highest BCUT2D eigenvalue weighted by molar-refractivity contribution is 5.91. The molecule has 0 saturated heterocycles. The zero-order chi connectivity index (χ0) is 17.6.